The smallest absolute Gasteiger partial charge is 0.0294 e. The molecule has 0 saturated carbocycles. The van der Waals surface area contributed by atoms with Crippen molar-refractivity contribution in [3.8, 4) is 0 Å². The standard InChI is InChI=1S/C16H18BrN/c1-12-10-14(8-9-16(12)17)11-18-13(2)15-6-4-3-5-7-15/h3-10,13,18H,11H2,1-2H3/t13-/m1/s1. The van der Waals surface area contributed by atoms with Crippen LogP contribution >= 0.6 is 15.9 Å². The average molecular weight is 304 g/mol. The summed E-state index contributed by atoms with van der Waals surface area (Å²) in [5.74, 6) is 0. The van der Waals surface area contributed by atoms with Crippen LogP contribution in [0.2, 0.25) is 0 Å². The molecule has 1 N–H and O–H groups in total. The third kappa shape index (κ3) is 3.44. The molecule has 0 fully saturated rings. The van der Waals surface area contributed by atoms with E-state index >= 15 is 0 Å². The number of aryl methyl sites for hydroxylation is 1. The Morgan fingerprint density at radius 2 is 1.83 bits per heavy atom. The second kappa shape index (κ2) is 6.17. The van der Waals surface area contributed by atoms with Crippen LogP contribution in [0.5, 0.6) is 0 Å². The van der Waals surface area contributed by atoms with Crippen LogP contribution in [-0.2, 0) is 6.54 Å². The highest BCUT2D eigenvalue weighted by Crippen LogP contribution is 2.18. The zero-order valence-corrected chi connectivity index (χ0v) is 12.4. The van der Waals surface area contributed by atoms with Crippen molar-refractivity contribution in [3.63, 3.8) is 0 Å². The van der Waals surface area contributed by atoms with Crippen LogP contribution in [0.25, 0.3) is 0 Å². The van der Waals surface area contributed by atoms with Crippen LogP contribution in [0, 0.1) is 6.92 Å². The van der Waals surface area contributed by atoms with Crippen molar-refractivity contribution in [2.75, 3.05) is 0 Å². The fourth-order valence-corrected chi connectivity index (χ4v) is 2.19. The second-order valence-corrected chi connectivity index (χ2v) is 5.45. The largest absolute Gasteiger partial charge is 0.306 e. The van der Waals surface area contributed by atoms with Crippen molar-refractivity contribution in [1.82, 2.24) is 5.32 Å². The fourth-order valence-electron chi connectivity index (χ4n) is 1.95. The van der Waals surface area contributed by atoms with Gasteiger partial charge in [0.15, 0.2) is 0 Å². The third-order valence-electron chi connectivity index (χ3n) is 3.13. The van der Waals surface area contributed by atoms with Gasteiger partial charge in [0.2, 0.25) is 0 Å². The quantitative estimate of drug-likeness (QED) is 0.870. The minimum Gasteiger partial charge on any atom is -0.306 e. The van der Waals surface area contributed by atoms with Crippen LogP contribution in [0.1, 0.15) is 29.7 Å². The van der Waals surface area contributed by atoms with E-state index in [2.05, 4.69) is 77.6 Å². The van der Waals surface area contributed by atoms with E-state index in [9.17, 15) is 0 Å². The van der Waals surface area contributed by atoms with Gasteiger partial charge in [0.05, 0.1) is 0 Å². The summed E-state index contributed by atoms with van der Waals surface area (Å²) in [4.78, 5) is 0. The SMILES string of the molecule is Cc1cc(CN[C@H](C)c2ccccc2)ccc1Br. The molecule has 0 aliphatic carbocycles. The van der Waals surface area contributed by atoms with E-state index in [4.69, 9.17) is 0 Å². The van der Waals surface area contributed by atoms with E-state index < -0.39 is 0 Å². The zero-order chi connectivity index (χ0) is 13.0. The number of hydrogen-bond donors (Lipinski definition) is 1. The van der Waals surface area contributed by atoms with Gasteiger partial charge in [-0.2, -0.15) is 0 Å². The van der Waals surface area contributed by atoms with Gasteiger partial charge in [-0.3, -0.25) is 0 Å². The van der Waals surface area contributed by atoms with E-state index in [1.807, 2.05) is 6.07 Å². The molecule has 18 heavy (non-hydrogen) atoms. The Morgan fingerprint density at radius 1 is 1.11 bits per heavy atom. The Morgan fingerprint density at radius 3 is 2.50 bits per heavy atom. The molecule has 2 aromatic rings. The molecule has 0 aliphatic rings. The van der Waals surface area contributed by atoms with Gasteiger partial charge in [0.25, 0.3) is 0 Å². The molecule has 0 radical (unpaired) electrons. The summed E-state index contributed by atoms with van der Waals surface area (Å²) in [6.07, 6.45) is 0. The second-order valence-electron chi connectivity index (χ2n) is 4.60. The first-order valence-electron chi connectivity index (χ1n) is 6.20. The summed E-state index contributed by atoms with van der Waals surface area (Å²) < 4.78 is 1.17. The van der Waals surface area contributed by atoms with E-state index in [-0.39, 0.29) is 0 Å². The van der Waals surface area contributed by atoms with Gasteiger partial charge in [-0.05, 0) is 36.6 Å². The molecule has 1 atom stereocenters. The first kappa shape index (κ1) is 13.3. The lowest BCUT2D eigenvalue weighted by atomic mass is 10.1. The van der Waals surface area contributed by atoms with E-state index in [1.54, 1.807) is 0 Å². The normalized spacial score (nSPS) is 12.4. The molecule has 94 valence electrons. The first-order chi connectivity index (χ1) is 8.66. The van der Waals surface area contributed by atoms with Crippen molar-refractivity contribution < 1.29 is 0 Å². The van der Waals surface area contributed by atoms with E-state index in [0.717, 1.165) is 6.54 Å². The summed E-state index contributed by atoms with van der Waals surface area (Å²) >= 11 is 3.53. The maximum Gasteiger partial charge on any atom is 0.0294 e. The maximum atomic E-state index is 3.55. The summed E-state index contributed by atoms with van der Waals surface area (Å²) in [6.45, 7) is 5.21. The number of rotatable bonds is 4. The average Bonchev–Trinajstić information content (AvgIpc) is 2.41. The summed E-state index contributed by atoms with van der Waals surface area (Å²) in [5.41, 5.74) is 3.92. The van der Waals surface area contributed by atoms with E-state index in [0.29, 0.717) is 6.04 Å². The molecule has 0 aromatic heterocycles. The minimum absolute atomic E-state index is 0.371. The first-order valence-corrected chi connectivity index (χ1v) is 6.99. The molecule has 0 amide bonds. The molecule has 0 unspecified atom stereocenters. The molecule has 0 heterocycles. The molecule has 0 saturated heterocycles. The lowest BCUT2D eigenvalue weighted by molar-refractivity contribution is 0.574. The van der Waals surface area contributed by atoms with Gasteiger partial charge in [-0.1, -0.05) is 58.4 Å². The van der Waals surface area contributed by atoms with Gasteiger partial charge >= 0.3 is 0 Å². The Kier molecular flexibility index (Phi) is 4.56. The third-order valence-corrected chi connectivity index (χ3v) is 4.02. The minimum atomic E-state index is 0.371. The summed E-state index contributed by atoms with van der Waals surface area (Å²) in [5, 5.41) is 3.55. The molecule has 2 heteroatoms. The van der Waals surface area contributed by atoms with Gasteiger partial charge in [-0.25, -0.2) is 0 Å². The molecule has 0 spiro atoms. The van der Waals surface area contributed by atoms with Crippen LogP contribution in [0.4, 0.5) is 0 Å². The van der Waals surface area contributed by atoms with E-state index in [1.165, 1.54) is 21.2 Å². The number of benzene rings is 2. The topological polar surface area (TPSA) is 12.0 Å². The molecule has 0 bridgehead atoms. The number of halogens is 1. The highest BCUT2D eigenvalue weighted by molar-refractivity contribution is 9.10. The lowest BCUT2D eigenvalue weighted by Gasteiger charge is -2.14. The monoisotopic (exact) mass is 303 g/mol. The van der Waals surface area contributed by atoms with Crippen molar-refractivity contribution in [2.45, 2.75) is 26.4 Å². The van der Waals surface area contributed by atoms with Gasteiger partial charge < -0.3 is 5.32 Å². The van der Waals surface area contributed by atoms with Crippen molar-refractivity contribution in [3.05, 3.63) is 69.7 Å². The molecular weight excluding hydrogens is 286 g/mol. The molecule has 1 nitrogen and oxygen atoms in total. The van der Waals surface area contributed by atoms with Gasteiger partial charge in [0.1, 0.15) is 0 Å². The van der Waals surface area contributed by atoms with Crippen LogP contribution in [0.3, 0.4) is 0 Å². The van der Waals surface area contributed by atoms with Gasteiger partial charge in [-0.15, -0.1) is 0 Å². The highest BCUT2D eigenvalue weighted by atomic mass is 79.9. The van der Waals surface area contributed by atoms with Crippen molar-refractivity contribution in [1.29, 1.82) is 0 Å². The van der Waals surface area contributed by atoms with Gasteiger partial charge in [0, 0.05) is 17.1 Å². The summed E-state index contributed by atoms with van der Waals surface area (Å²) in [7, 11) is 0. The lowest BCUT2D eigenvalue weighted by Crippen LogP contribution is -2.18. The Balaban J connectivity index is 1.97. The number of nitrogens with one attached hydrogen (secondary N) is 1. The summed E-state index contributed by atoms with van der Waals surface area (Å²) in [6, 6.07) is 17.4. The van der Waals surface area contributed by atoms with Crippen LogP contribution in [-0.4, -0.2) is 0 Å². The zero-order valence-electron chi connectivity index (χ0n) is 10.8. The van der Waals surface area contributed by atoms with Crippen molar-refractivity contribution >= 4 is 15.9 Å². The molecule has 0 aliphatic heterocycles. The molecule has 2 aromatic carbocycles. The highest BCUT2D eigenvalue weighted by Gasteiger charge is 2.04. The Bertz CT molecular complexity index is 508. The number of hydrogen-bond acceptors (Lipinski definition) is 1. The van der Waals surface area contributed by atoms with Crippen LogP contribution in [0.15, 0.2) is 53.0 Å². The Labute approximate surface area is 117 Å². The fraction of sp³-hybridized carbons (Fsp3) is 0.250. The molecule has 2 rings (SSSR count). The maximum absolute atomic E-state index is 3.55. The predicted octanol–water partition coefficient (Wildman–Crippen LogP) is 4.61. The Hall–Kier alpha value is -1.12. The predicted molar refractivity (Wildman–Crippen MR) is 80.6 cm³/mol. The van der Waals surface area contributed by atoms with Crippen molar-refractivity contribution in [2.24, 2.45) is 0 Å². The van der Waals surface area contributed by atoms with Crippen LogP contribution < -0.4 is 5.32 Å². The molecular formula is C16H18BrN.